The number of halogens is 1. The summed E-state index contributed by atoms with van der Waals surface area (Å²) in [7, 11) is 1.21. The van der Waals surface area contributed by atoms with E-state index in [2.05, 4.69) is 4.74 Å². The van der Waals surface area contributed by atoms with Gasteiger partial charge >= 0.3 is 5.97 Å². The molecule has 6 heteroatoms. The number of carbonyl (C=O) groups excluding carboxylic acids is 3. The van der Waals surface area contributed by atoms with Crippen LogP contribution in [-0.4, -0.2) is 31.3 Å². The highest BCUT2D eigenvalue weighted by atomic mass is 35.5. The fourth-order valence-corrected chi connectivity index (χ4v) is 1.91. The minimum Gasteiger partial charge on any atom is -0.468 e. The van der Waals surface area contributed by atoms with Gasteiger partial charge in [0.05, 0.1) is 23.4 Å². The lowest BCUT2D eigenvalue weighted by Gasteiger charge is -2.14. The van der Waals surface area contributed by atoms with Crippen LogP contribution in [0, 0.1) is 0 Å². The molecule has 0 aromatic heterocycles. The molecule has 0 aliphatic carbocycles. The lowest BCUT2D eigenvalue weighted by Crippen LogP contribution is -2.35. The Balaban J connectivity index is 2.45. The van der Waals surface area contributed by atoms with Crippen LogP contribution in [0.3, 0.4) is 0 Å². The maximum absolute atomic E-state index is 11.7. The summed E-state index contributed by atoms with van der Waals surface area (Å²) in [5.41, 5.74) is 0.487. The third-order valence-electron chi connectivity index (χ3n) is 2.46. The summed E-state index contributed by atoms with van der Waals surface area (Å²) in [5, 5.41) is 0.202. The predicted molar refractivity (Wildman–Crippen MR) is 60.2 cm³/mol. The van der Waals surface area contributed by atoms with E-state index >= 15 is 0 Å². The van der Waals surface area contributed by atoms with E-state index in [4.69, 9.17) is 11.6 Å². The van der Waals surface area contributed by atoms with E-state index in [1.165, 1.54) is 13.2 Å². The zero-order chi connectivity index (χ0) is 12.6. The van der Waals surface area contributed by atoms with Gasteiger partial charge in [0.1, 0.15) is 6.54 Å². The predicted octanol–water partition coefficient (Wildman–Crippen LogP) is 1.04. The standard InChI is InChI=1S/C11H8ClNO4/c1-17-8(14)5-13-7-4-2-3-6(12)9(7)10(15)11(13)16/h2-4H,5H2,1H3. The number of nitrogens with zero attached hydrogens (tertiary/aromatic N) is 1. The van der Waals surface area contributed by atoms with Crippen LogP contribution in [0.25, 0.3) is 0 Å². The van der Waals surface area contributed by atoms with Crippen molar-refractivity contribution >= 4 is 34.9 Å². The van der Waals surface area contributed by atoms with Crippen molar-refractivity contribution in [1.82, 2.24) is 0 Å². The summed E-state index contributed by atoms with van der Waals surface area (Å²) < 4.78 is 4.46. The maximum atomic E-state index is 11.7. The van der Waals surface area contributed by atoms with Gasteiger partial charge in [-0.25, -0.2) is 0 Å². The summed E-state index contributed by atoms with van der Waals surface area (Å²) in [5.74, 6) is -2.06. The average molecular weight is 254 g/mol. The molecule has 0 fully saturated rings. The van der Waals surface area contributed by atoms with E-state index in [9.17, 15) is 14.4 Å². The summed E-state index contributed by atoms with van der Waals surface area (Å²) in [6.45, 7) is -0.297. The Bertz CT molecular complexity index is 526. The summed E-state index contributed by atoms with van der Waals surface area (Å²) >= 11 is 5.85. The van der Waals surface area contributed by atoms with Crippen LogP contribution in [0.4, 0.5) is 5.69 Å². The Morgan fingerprint density at radius 2 is 2.12 bits per heavy atom. The monoisotopic (exact) mass is 253 g/mol. The molecule has 5 nitrogen and oxygen atoms in total. The van der Waals surface area contributed by atoms with Gasteiger partial charge in [-0.2, -0.15) is 0 Å². The summed E-state index contributed by atoms with van der Waals surface area (Å²) in [6, 6.07) is 4.69. The second-order valence-electron chi connectivity index (χ2n) is 3.43. The molecule has 0 atom stereocenters. The van der Waals surface area contributed by atoms with Crippen molar-refractivity contribution in [1.29, 1.82) is 0 Å². The normalized spacial score (nSPS) is 13.9. The molecule has 1 amide bonds. The SMILES string of the molecule is COC(=O)CN1C(=O)C(=O)c2c(Cl)cccc21. The molecule has 88 valence electrons. The number of methoxy groups -OCH3 is 1. The Morgan fingerprint density at radius 1 is 1.41 bits per heavy atom. The number of fused-ring (bicyclic) bond motifs is 1. The van der Waals surface area contributed by atoms with Gasteiger partial charge in [0, 0.05) is 0 Å². The fraction of sp³-hybridized carbons (Fsp3) is 0.182. The van der Waals surface area contributed by atoms with Gasteiger partial charge in [-0.3, -0.25) is 19.3 Å². The molecule has 0 unspecified atom stereocenters. The molecule has 0 saturated heterocycles. The first kappa shape index (κ1) is 11.6. The van der Waals surface area contributed by atoms with Crippen LogP contribution < -0.4 is 4.90 Å². The quantitative estimate of drug-likeness (QED) is 0.584. The Kier molecular flexibility index (Phi) is 2.85. The summed E-state index contributed by atoms with van der Waals surface area (Å²) in [4.78, 5) is 35.6. The number of amides is 1. The Morgan fingerprint density at radius 3 is 2.76 bits per heavy atom. The molecule has 0 spiro atoms. The van der Waals surface area contributed by atoms with Gasteiger partial charge in [0.25, 0.3) is 11.7 Å². The van der Waals surface area contributed by atoms with Crippen molar-refractivity contribution < 1.29 is 19.1 Å². The number of esters is 1. The van der Waals surface area contributed by atoms with Gasteiger partial charge < -0.3 is 4.74 Å². The minimum absolute atomic E-state index is 0.142. The van der Waals surface area contributed by atoms with E-state index in [-0.39, 0.29) is 17.1 Å². The second kappa shape index (κ2) is 4.18. The minimum atomic E-state index is -0.765. The first-order chi connectivity index (χ1) is 8.06. The Labute approximate surface area is 102 Å². The fourth-order valence-electron chi connectivity index (χ4n) is 1.65. The van der Waals surface area contributed by atoms with Crippen LogP contribution in [0.1, 0.15) is 10.4 Å². The van der Waals surface area contributed by atoms with Crippen molar-refractivity contribution in [3.8, 4) is 0 Å². The smallest absolute Gasteiger partial charge is 0.325 e. The van der Waals surface area contributed by atoms with E-state index in [0.717, 1.165) is 4.90 Å². The van der Waals surface area contributed by atoms with Crippen molar-refractivity contribution in [2.24, 2.45) is 0 Å². The van der Waals surface area contributed by atoms with Gasteiger partial charge in [0.15, 0.2) is 0 Å². The van der Waals surface area contributed by atoms with Gasteiger partial charge in [-0.15, -0.1) is 0 Å². The Hall–Kier alpha value is -1.88. The van der Waals surface area contributed by atoms with Crippen LogP contribution in [0.15, 0.2) is 18.2 Å². The molecule has 0 saturated carbocycles. The topological polar surface area (TPSA) is 63.7 Å². The van der Waals surface area contributed by atoms with Crippen molar-refractivity contribution in [3.05, 3.63) is 28.8 Å². The van der Waals surface area contributed by atoms with Crippen LogP contribution >= 0.6 is 11.6 Å². The van der Waals surface area contributed by atoms with Crippen molar-refractivity contribution in [3.63, 3.8) is 0 Å². The number of hydrogen-bond acceptors (Lipinski definition) is 4. The van der Waals surface area contributed by atoms with E-state index in [1.807, 2.05) is 0 Å². The number of Topliss-reactive ketones (excluding diaryl/α,β-unsaturated/α-hetero) is 1. The lowest BCUT2D eigenvalue weighted by molar-refractivity contribution is -0.139. The lowest BCUT2D eigenvalue weighted by atomic mass is 10.1. The first-order valence-electron chi connectivity index (χ1n) is 4.77. The largest absolute Gasteiger partial charge is 0.468 e. The highest BCUT2D eigenvalue weighted by molar-refractivity contribution is 6.55. The molecule has 1 aromatic carbocycles. The third kappa shape index (κ3) is 1.78. The number of anilines is 1. The van der Waals surface area contributed by atoms with Crippen molar-refractivity contribution in [2.45, 2.75) is 0 Å². The number of rotatable bonds is 2. The number of ether oxygens (including phenoxy) is 1. The van der Waals surface area contributed by atoms with Crippen LogP contribution in [-0.2, 0) is 14.3 Å². The molecule has 0 bridgehead atoms. The van der Waals surface area contributed by atoms with Crippen LogP contribution in [0.2, 0.25) is 5.02 Å². The molecule has 1 aliphatic heterocycles. The first-order valence-corrected chi connectivity index (χ1v) is 5.15. The number of ketones is 1. The molecule has 17 heavy (non-hydrogen) atoms. The van der Waals surface area contributed by atoms with Gasteiger partial charge in [-0.05, 0) is 12.1 Å². The molecular formula is C11H8ClNO4. The maximum Gasteiger partial charge on any atom is 0.325 e. The van der Waals surface area contributed by atoms with Gasteiger partial charge in [0.2, 0.25) is 0 Å². The molecule has 1 aromatic rings. The molecule has 1 aliphatic rings. The number of carbonyl (C=O) groups is 3. The molecule has 1 heterocycles. The highest BCUT2D eigenvalue weighted by Gasteiger charge is 2.38. The molecule has 0 N–H and O–H groups in total. The highest BCUT2D eigenvalue weighted by Crippen LogP contribution is 2.33. The molecule has 0 radical (unpaired) electrons. The molecule has 2 rings (SSSR count). The third-order valence-corrected chi connectivity index (χ3v) is 2.78. The van der Waals surface area contributed by atoms with Gasteiger partial charge in [-0.1, -0.05) is 17.7 Å². The van der Waals surface area contributed by atoms with E-state index in [0.29, 0.717) is 5.69 Å². The number of benzene rings is 1. The van der Waals surface area contributed by atoms with E-state index < -0.39 is 17.7 Å². The van der Waals surface area contributed by atoms with Crippen molar-refractivity contribution in [2.75, 3.05) is 18.6 Å². The zero-order valence-corrected chi connectivity index (χ0v) is 9.65. The number of hydrogen-bond donors (Lipinski definition) is 0. The molecular weight excluding hydrogens is 246 g/mol. The second-order valence-corrected chi connectivity index (χ2v) is 3.84. The van der Waals surface area contributed by atoms with Crippen LogP contribution in [0.5, 0.6) is 0 Å². The zero-order valence-electron chi connectivity index (χ0n) is 8.90. The average Bonchev–Trinajstić information content (AvgIpc) is 2.55. The van der Waals surface area contributed by atoms with E-state index in [1.54, 1.807) is 12.1 Å². The summed E-state index contributed by atoms with van der Waals surface area (Å²) in [6.07, 6.45) is 0.